The van der Waals surface area contributed by atoms with Crippen LogP contribution in [0.5, 0.6) is 0 Å². The molecule has 1 saturated heterocycles. The van der Waals surface area contributed by atoms with Gasteiger partial charge in [-0.3, -0.25) is 4.79 Å². The molecule has 1 amide bonds. The number of carbonyl (C=O) groups is 1. The van der Waals surface area contributed by atoms with Crippen LogP contribution in [0.3, 0.4) is 0 Å². The lowest BCUT2D eigenvalue weighted by atomic mass is 9.79. The van der Waals surface area contributed by atoms with E-state index in [4.69, 9.17) is 15.6 Å². The fraction of sp³-hybridized carbons (Fsp3) is 0.900. The van der Waals surface area contributed by atoms with Gasteiger partial charge in [-0.25, -0.2) is 0 Å². The highest BCUT2D eigenvalue weighted by Gasteiger charge is 2.38. The minimum Gasteiger partial charge on any atom is -0.392 e. The first-order valence-corrected chi connectivity index (χ1v) is 5.35. The molecule has 1 aliphatic heterocycles. The summed E-state index contributed by atoms with van der Waals surface area (Å²) in [6, 6.07) is 0. The number of nitrogens with two attached hydrogens (primary N) is 1. The maximum Gasteiger partial charge on any atom is 0.227 e. The highest BCUT2D eigenvalue weighted by molar-refractivity contribution is 5.83. The number of aliphatic hydroxyl groups is 1. The van der Waals surface area contributed by atoms with Crippen LogP contribution >= 0.6 is 0 Å². The first-order valence-electron chi connectivity index (χ1n) is 5.35. The van der Waals surface area contributed by atoms with Crippen LogP contribution in [0.15, 0.2) is 0 Å². The van der Waals surface area contributed by atoms with Gasteiger partial charge in [-0.05, 0) is 19.8 Å². The van der Waals surface area contributed by atoms with E-state index >= 15 is 0 Å². The average molecular weight is 216 g/mol. The molecule has 0 aromatic heterocycles. The lowest BCUT2D eigenvalue weighted by Crippen LogP contribution is -2.50. The molecule has 0 radical (unpaired) electrons. The summed E-state index contributed by atoms with van der Waals surface area (Å²) in [7, 11) is 0. The summed E-state index contributed by atoms with van der Waals surface area (Å²) in [5, 5.41) is 11.8. The van der Waals surface area contributed by atoms with Gasteiger partial charge in [0.25, 0.3) is 0 Å². The number of carbonyl (C=O) groups excluding carboxylic acids is 1. The number of aliphatic hydroxyl groups excluding tert-OH is 1. The van der Waals surface area contributed by atoms with Crippen LogP contribution in [-0.2, 0) is 9.53 Å². The van der Waals surface area contributed by atoms with E-state index in [1.165, 1.54) is 0 Å². The maximum atomic E-state index is 11.9. The SMILES string of the molecule is C[C@H](O)CNC(=O)C1(CN)CCOCC1. The van der Waals surface area contributed by atoms with Gasteiger partial charge in [0.2, 0.25) is 5.91 Å². The Morgan fingerprint density at radius 2 is 2.20 bits per heavy atom. The lowest BCUT2D eigenvalue weighted by molar-refractivity contribution is -0.136. The number of hydrogen-bond donors (Lipinski definition) is 3. The van der Waals surface area contributed by atoms with E-state index in [0.29, 0.717) is 32.6 Å². The quantitative estimate of drug-likeness (QED) is 0.576. The summed E-state index contributed by atoms with van der Waals surface area (Å²) < 4.78 is 5.22. The average Bonchev–Trinajstić information content (AvgIpc) is 2.26. The maximum absolute atomic E-state index is 11.9. The molecule has 1 atom stereocenters. The van der Waals surface area contributed by atoms with Gasteiger partial charge in [0.05, 0.1) is 11.5 Å². The van der Waals surface area contributed by atoms with Crippen molar-refractivity contribution in [3.05, 3.63) is 0 Å². The molecule has 1 fully saturated rings. The highest BCUT2D eigenvalue weighted by Crippen LogP contribution is 2.29. The van der Waals surface area contributed by atoms with Crippen molar-refractivity contribution in [2.75, 3.05) is 26.3 Å². The minimum absolute atomic E-state index is 0.0609. The third kappa shape index (κ3) is 3.15. The van der Waals surface area contributed by atoms with Crippen molar-refractivity contribution in [3.8, 4) is 0 Å². The predicted molar refractivity (Wildman–Crippen MR) is 56.2 cm³/mol. The number of rotatable bonds is 4. The number of nitrogens with one attached hydrogen (secondary N) is 1. The van der Waals surface area contributed by atoms with Crippen LogP contribution in [0, 0.1) is 5.41 Å². The molecule has 1 rings (SSSR count). The molecule has 0 saturated carbocycles. The van der Waals surface area contributed by atoms with Crippen LogP contribution in [-0.4, -0.2) is 43.4 Å². The zero-order chi connectivity index (χ0) is 11.3. The molecule has 1 heterocycles. The van der Waals surface area contributed by atoms with Crippen molar-refractivity contribution in [1.29, 1.82) is 0 Å². The topological polar surface area (TPSA) is 84.6 Å². The summed E-state index contributed by atoms with van der Waals surface area (Å²) in [4.78, 5) is 11.9. The second-order valence-electron chi connectivity index (χ2n) is 4.16. The van der Waals surface area contributed by atoms with Crippen LogP contribution in [0.4, 0.5) is 0 Å². The van der Waals surface area contributed by atoms with Gasteiger partial charge in [-0.15, -0.1) is 0 Å². The molecular weight excluding hydrogens is 196 g/mol. The Hall–Kier alpha value is -0.650. The Morgan fingerprint density at radius 1 is 1.60 bits per heavy atom. The van der Waals surface area contributed by atoms with Gasteiger partial charge in [0.1, 0.15) is 0 Å². The Bertz CT molecular complexity index is 213. The van der Waals surface area contributed by atoms with Gasteiger partial charge in [-0.1, -0.05) is 0 Å². The van der Waals surface area contributed by atoms with E-state index < -0.39 is 11.5 Å². The second kappa shape index (κ2) is 5.44. The molecule has 0 aromatic rings. The molecule has 0 spiro atoms. The Kier molecular flexibility index (Phi) is 4.50. The summed E-state index contributed by atoms with van der Waals surface area (Å²) >= 11 is 0. The summed E-state index contributed by atoms with van der Waals surface area (Å²) in [6.45, 7) is 3.42. The van der Waals surface area contributed by atoms with Crippen molar-refractivity contribution in [1.82, 2.24) is 5.32 Å². The fourth-order valence-electron chi connectivity index (χ4n) is 1.71. The van der Waals surface area contributed by atoms with E-state index in [1.54, 1.807) is 6.92 Å². The Balaban J connectivity index is 2.52. The molecular formula is C10H20N2O3. The van der Waals surface area contributed by atoms with E-state index in [9.17, 15) is 4.79 Å². The zero-order valence-electron chi connectivity index (χ0n) is 9.16. The van der Waals surface area contributed by atoms with Gasteiger partial charge >= 0.3 is 0 Å². The van der Waals surface area contributed by atoms with Crippen molar-refractivity contribution < 1.29 is 14.6 Å². The fourth-order valence-corrected chi connectivity index (χ4v) is 1.71. The molecule has 15 heavy (non-hydrogen) atoms. The van der Waals surface area contributed by atoms with E-state index in [2.05, 4.69) is 5.32 Å². The van der Waals surface area contributed by atoms with E-state index in [-0.39, 0.29) is 12.5 Å². The molecule has 0 unspecified atom stereocenters. The molecule has 88 valence electrons. The van der Waals surface area contributed by atoms with Crippen molar-refractivity contribution in [3.63, 3.8) is 0 Å². The molecule has 5 heteroatoms. The minimum atomic E-state index is -0.524. The first kappa shape index (κ1) is 12.4. The Labute approximate surface area is 90.0 Å². The van der Waals surface area contributed by atoms with Crippen LogP contribution in [0.1, 0.15) is 19.8 Å². The Morgan fingerprint density at radius 3 is 2.67 bits per heavy atom. The summed E-state index contributed by atoms with van der Waals surface area (Å²) in [6.07, 6.45) is 0.799. The molecule has 0 bridgehead atoms. The van der Waals surface area contributed by atoms with Gasteiger partial charge in [0.15, 0.2) is 0 Å². The molecule has 4 N–H and O–H groups in total. The number of ether oxygens (including phenoxy) is 1. The van der Waals surface area contributed by atoms with E-state index in [0.717, 1.165) is 0 Å². The summed E-state index contributed by atoms with van der Waals surface area (Å²) in [5.74, 6) is -0.0609. The predicted octanol–water partition coefficient (Wildman–Crippen LogP) is -0.761. The summed E-state index contributed by atoms with van der Waals surface area (Å²) in [5.41, 5.74) is 5.17. The normalized spacial score (nSPS) is 22.1. The molecule has 5 nitrogen and oxygen atoms in total. The molecule has 1 aliphatic rings. The number of amides is 1. The lowest BCUT2D eigenvalue weighted by Gasteiger charge is -2.34. The number of hydrogen-bond acceptors (Lipinski definition) is 4. The van der Waals surface area contributed by atoms with Crippen molar-refractivity contribution in [2.45, 2.75) is 25.9 Å². The second-order valence-corrected chi connectivity index (χ2v) is 4.16. The van der Waals surface area contributed by atoms with Gasteiger partial charge < -0.3 is 20.9 Å². The highest BCUT2D eigenvalue weighted by atomic mass is 16.5. The van der Waals surface area contributed by atoms with Crippen LogP contribution in [0.2, 0.25) is 0 Å². The zero-order valence-corrected chi connectivity index (χ0v) is 9.16. The standard InChI is InChI=1S/C10H20N2O3/c1-8(13)6-12-9(14)10(7-11)2-4-15-5-3-10/h8,13H,2-7,11H2,1H3,(H,12,14)/t8-/m0/s1. The molecule has 0 aromatic carbocycles. The van der Waals surface area contributed by atoms with Crippen LogP contribution in [0.25, 0.3) is 0 Å². The third-order valence-electron chi connectivity index (χ3n) is 2.88. The monoisotopic (exact) mass is 216 g/mol. The van der Waals surface area contributed by atoms with Crippen LogP contribution < -0.4 is 11.1 Å². The largest absolute Gasteiger partial charge is 0.392 e. The van der Waals surface area contributed by atoms with Gasteiger partial charge in [0, 0.05) is 26.3 Å². The van der Waals surface area contributed by atoms with Crippen molar-refractivity contribution >= 4 is 5.91 Å². The van der Waals surface area contributed by atoms with Crippen molar-refractivity contribution in [2.24, 2.45) is 11.1 Å². The van der Waals surface area contributed by atoms with Gasteiger partial charge in [-0.2, -0.15) is 0 Å². The van der Waals surface area contributed by atoms with E-state index in [1.807, 2.05) is 0 Å². The molecule has 0 aliphatic carbocycles. The smallest absolute Gasteiger partial charge is 0.227 e. The third-order valence-corrected chi connectivity index (χ3v) is 2.88. The first-order chi connectivity index (χ1) is 7.10.